The summed E-state index contributed by atoms with van der Waals surface area (Å²) in [6.07, 6.45) is 2.06. The van der Waals surface area contributed by atoms with Crippen molar-refractivity contribution in [1.82, 2.24) is 4.98 Å². The van der Waals surface area contributed by atoms with Crippen molar-refractivity contribution in [3.05, 3.63) is 48.3 Å². The molecule has 0 unspecified atom stereocenters. The number of aromatic nitrogens is 1. The summed E-state index contributed by atoms with van der Waals surface area (Å²) in [5.74, 6) is 1.19. The number of rotatable bonds is 6. The summed E-state index contributed by atoms with van der Waals surface area (Å²) in [6, 6.07) is 12.8. The molecule has 2 aromatic carbocycles. The van der Waals surface area contributed by atoms with E-state index in [1.165, 1.54) is 0 Å². The molecule has 1 aromatic heterocycles. The van der Waals surface area contributed by atoms with Crippen LogP contribution in [-0.4, -0.2) is 18.7 Å². The largest absolute Gasteiger partial charge is 0.497 e. The van der Waals surface area contributed by atoms with Crippen molar-refractivity contribution in [2.24, 2.45) is 0 Å². The first-order chi connectivity index (χ1) is 11.2. The van der Waals surface area contributed by atoms with Gasteiger partial charge in [0.25, 0.3) is 0 Å². The summed E-state index contributed by atoms with van der Waals surface area (Å²) in [5, 5.41) is 0.546. The maximum absolute atomic E-state index is 14.7. The average Bonchev–Trinajstić information content (AvgIpc) is 2.92. The Bertz CT molecular complexity index is 793. The minimum atomic E-state index is -0.258. The van der Waals surface area contributed by atoms with Crippen LogP contribution in [0.15, 0.2) is 42.5 Å². The summed E-state index contributed by atoms with van der Waals surface area (Å²) < 4.78 is 25.5. The van der Waals surface area contributed by atoms with Gasteiger partial charge in [0.1, 0.15) is 11.5 Å². The van der Waals surface area contributed by atoms with Crippen LogP contribution in [0, 0.1) is 5.82 Å². The summed E-state index contributed by atoms with van der Waals surface area (Å²) >= 11 is 0. The van der Waals surface area contributed by atoms with Gasteiger partial charge in [0.2, 0.25) is 0 Å². The standard InChI is InChI=1S/C19H20FNO2/c1-3-4-11-23-15-9-10-17-16(12-15)18(20)19(21-17)13-5-7-14(22-2)8-6-13/h5-10,12,21H,3-4,11H2,1-2H3. The van der Waals surface area contributed by atoms with Gasteiger partial charge in [0.05, 0.1) is 19.4 Å². The van der Waals surface area contributed by atoms with Gasteiger partial charge in [-0.05, 0) is 48.9 Å². The minimum Gasteiger partial charge on any atom is -0.497 e. The zero-order valence-corrected chi connectivity index (χ0v) is 13.4. The van der Waals surface area contributed by atoms with Crippen molar-refractivity contribution >= 4 is 10.9 Å². The molecule has 0 amide bonds. The second kappa shape index (κ2) is 6.73. The SMILES string of the molecule is CCCCOc1ccc2[nH]c(-c3ccc(OC)cc3)c(F)c2c1. The third-order valence-corrected chi connectivity index (χ3v) is 3.85. The molecule has 1 N–H and O–H groups in total. The van der Waals surface area contributed by atoms with Crippen molar-refractivity contribution in [1.29, 1.82) is 0 Å². The molecule has 0 aliphatic rings. The number of hydrogen-bond acceptors (Lipinski definition) is 2. The highest BCUT2D eigenvalue weighted by molar-refractivity contribution is 5.88. The van der Waals surface area contributed by atoms with E-state index in [-0.39, 0.29) is 5.82 Å². The molecule has 0 aliphatic carbocycles. The predicted octanol–water partition coefficient (Wildman–Crippen LogP) is 5.16. The van der Waals surface area contributed by atoms with Crippen LogP contribution < -0.4 is 9.47 Å². The third kappa shape index (κ3) is 3.16. The Morgan fingerprint density at radius 2 is 1.78 bits per heavy atom. The lowest BCUT2D eigenvalue weighted by Crippen LogP contribution is -1.95. The Kier molecular flexibility index (Phi) is 4.51. The Hall–Kier alpha value is -2.49. The Labute approximate surface area is 135 Å². The van der Waals surface area contributed by atoms with Gasteiger partial charge in [-0.25, -0.2) is 4.39 Å². The van der Waals surface area contributed by atoms with Gasteiger partial charge in [-0.3, -0.25) is 0 Å². The number of halogens is 1. The second-order valence-electron chi connectivity index (χ2n) is 5.45. The van der Waals surface area contributed by atoms with Gasteiger partial charge in [-0.15, -0.1) is 0 Å². The first kappa shape index (κ1) is 15.4. The number of ether oxygens (including phenoxy) is 2. The molecular formula is C19H20FNO2. The number of aromatic amines is 1. The molecule has 3 rings (SSSR count). The molecule has 0 spiro atoms. The molecule has 4 heteroatoms. The van der Waals surface area contributed by atoms with Crippen molar-refractivity contribution < 1.29 is 13.9 Å². The van der Waals surface area contributed by atoms with Crippen LogP contribution >= 0.6 is 0 Å². The van der Waals surface area contributed by atoms with E-state index < -0.39 is 0 Å². The fourth-order valence-electron chi connectivity index (χ4n) is 2.52. The molecule has 23 heavy (non-hydrogen) atoms. The summed E-state index contributed by atoms with van der Waals surface area (Å²) in [4.78, 5) is 3.14. The number of benzene rings is 2. The summed E-state index contributed by atoms with van der Waals surface area (Å²) in [5.41, 5.74) is 2.03. The number of fused-ring (bicyclic) bond motifs is 1. The van der Waals surface area contributed by atoms with Crippen LogP contribution in [0.25, 0.3) is 22.2 Å². The fraction of sp³-hybridized carbons (Fsp3) is 0.263. The fourth-order valence-corrected chi connectivity index (χ4v) is 2.52. The highest BCUT2D eigenvalue weighted by Gasteiger charge is 2.14. The Morgan fingerprint density at radius 3 is 2.48 bits per heavy atom. The van der Waals surface area contributed by atoms with Crippen LogP contribution in [0.2, 0.25) is 0 Å². The van der Waals surface area contributed by atoms with Crippen molar-refractivity contribution in [3.8, 4) is 22.8 Å². The zero-order valence-electron chi connectivity index (χ0n) is 13.4. The van der Waals surface area contributed by atoms with Crippen LogP contribution in [0.1, 0.15) is 19.8 Å². The molecule has 3 nitrogen and oxygen atoms in total. The van der Waals surface area contributed by atoms with E-state index in [0.29, 0.717) is 23.4 Å². The lowest BCUT2D eigenvalue weighted by Gasteiger charge is -2.04. The molecule has 0 bridgehead atoms. The van der Waals surface area contributed by atoms with Gasteiger partial charge in [-0.1, -0.05) is 13.3 Å². The molecule has 120 valence electrons. The van der Waals surface area contributed by atoms with Crippen LogP contribution in [0.3, 0.4) is 0 Å². The molecular weight excluding hydrogens is 293 g/mol. The summed E-state index contributed by atoms with van der Waals surface area (Å²) in [7, 11) is 1.61. The van der Waals surface area contributed by atoms with Crippen molar-refractivity contribution in [3.63, 3.8) is 0 Å². The normalized spacial score (nSPS) is 10.9. The van der Waals surface area contributed by atoms with E-state index in [1.807, 2.05) is 36.4 Å². The third-order valence-electron chi connectivity index (χ3n) is 3.85. The number of unbranched alkanes of at least 4 members (excludes halogenated alkanes) is 1. The highest BCUT2D eigenvalue weighted by atomic mass is 19.1. The number of nitrogens with one attached hydrogen (secondary N) is 1. The van der Waals surface area contributed by atoms with E-state index in [9.17, 15) is 4.39 Å². The van der Waals surface area contributed by atoms with Crippen molar-refractivity contribution in [2.45, 2.75) is 19.8 Å². The summed E-state index contributed by atoms with van der Waals surface area (Å²) in [6.45, 7) is 2.76. The predicted molar refractivity (Wildman–Crippen MR) is 90.6 cm³/mol. The molecule has 1 heterocycles. The molecule has 0 fully saturated rings. The Balaban J connectivity index is 1.94. The van der Waals surface area contributed by atoms with E-state index >= 15 is 0 Å². The Morgan fingerprint density at radius 1 is 1.04 bits per heavy atom. The van der Waals surface area contributed by atoms with E-state index in [0.717, 1.165) is 29.7 Å². The second-order valence-corrected chi connectivity index (χ2v) is 5.45. The first-order valence-corrected chi connectivity index (χ1v) is 7.81. The molecule has 0 aliphatic heterocycles. The van der Waals surface area contributed by atoms with E-state index in [4.69, 9.17) is 9.47 Å². The maximum atomic E-state index is 14.7. The quantitative estimate of drug-likeness (QED) is 0.638. The monoisotopic (exact) mass is 313 g/mol. The number of hydrogen-bond donors (Lipinski definition) is 1. The van der Waals surface area contributed by atoms with Crippen LogP contribution in [0.5, 0.6) is 11.5 Å². The van der Waals surface area contributed by atoms with E-state index in [2.05, 4.69) is 11.9 Å². The average molecular weight is 313 g/mol. The van der Waals surface area contributed by atoms with Gasteiger partial charge in [0.15, 0.2) is 5.82 Å². The van der Waals surface area contributed by atoms with Crippen LogP contribution in [0.4, 0.5) is 4.39 Å². The lowest BCUT2D eigenvalue weighted by atomic mass is 10.1. The maximum Gasteiger partial charge on any atom is 0.156 e. The molecule has 0 atom stereocenters. The van der Waals surface area contributed by atoms with Gasteiger partial charge < -0.3 is 14.5 Å². The topological polar surface area (TPSA) is 34.2 Å². The van der Waals surface area contributed by atoms with E-state index in [1.54, 1.807) is 13.2 Å². The van der Waals surface area contributed by atoms with Gasteiger partial charge >= 0.3 is 0 Å². The van der Waals surface area contributed by atoms with Gasteiger partial charge in [-0.2, -0.15) is 0 Å². The smallest absolute Gasteiger partial charge is 0.156 e. The molecule has 0 radical (unpaired) electrons. The minimum absolute atomic E-state index is 0.258. The van der Waals surface area contributed by atoms with Crippen molar-refractivity contribution in [2.75, 3.05) is 13.7 Å². The molecule has 0 saturated heterocycles. The first-order valence-electron chi connectivity index (χ1n) is 7.81. The van der Waals surface area contributed by atoms with Gasteiger partial charge in [0, 0.05) is 16.5 Å². The van der Waals surface area contributed by atoms with Crippen LogP contribution in [-0.2, 0) is 0 Å². The molecule has 3 aromatic rings. The molecule has 0 saturated carbocycles. The highest BCUT2D eigenvalue weighted by Crippen LogP contribution is 2.31. The zero-order chi connectivity index (χ0) is 16.2. The number of H-pyrrole nitrogens is 1. The lowest BCUT2D eigenvalue weighted by molar-refractivity contribution is 0.310. The number of methoxy groups -OCH3 is 1.